The summed E-state index contributed by atoms with van der Waals surface area (Å²) in [6.07, 6.45) is 2.70. The van der Waals surface area contributed by atoms with Gasteiger partial charge in [-0.25, -0.2) is 13.4 Å². The number of anilines is 2. The predicted molar refractivity (Wildman–Crippen MR) is 104 cm³/mol. The zero-order valence-electron chi connectivity index (χ0n) is 14.2. The molecular formula is C18H15N5O3S. The lowest BCUT2D eigenvalue weighted by atomic mass is 10.1. The zero-order chi connectivity index (χ0) is 19.0. The summed E-state index contributed by atoms with van der Waals surface area (Å²) >= 11 is 0. The Balaban J connectivity index is 1.64. The lowest BCUT2D eigenvalue weighted by Crippen LogP contribution is -2.14. The number of para-hydroxylation sites is 1. The average Bonchev–Trinajstić information content (AvgIpc) is 3.03. The Morgan fingerprint density at radius 1 is 1.07 bits per heavy atom. The average molecular weight is 381 g/mol. The molecule has 2 aromatic carbocycles. The number of nitrogens with one attached hydrogen (secondary N) is 3. The van der Waals surface area contributed by atoms with E-state index in [4.69, 9.17) is 0 Å². The molecule has 0 radical (unpaired) electrons. The molecule has 0 bridgehead atoms. The standard InChI is InChI=1S/C18H15N5O3S/c1-27(25,26)23-14-8-4-7-13-16(14)21-18(20-13)22-17(24)15-9-11-5-2-3-6-12(11)10-19-15/h2-10,23H,1H3,(H2,20,21,22,24). The summed E-state index contributed by atoms with van der Waals surface area (Å²) in [4.78, 5) is 23.9. The van der Waals surface area contributed by atoms with Crippen molar-refractivity contribution < 1.29 is 13.2 Å². The lowest BCUT2D eigenvalue weighted by molar-refractivity contribution is 0.102. The summed E-state index contributed by atoms with van der Waals surface area (Å²) in [5.41, 5.74) is 1.58. The van der Waals surface area contributed by atoms with Gasteiger partial charge in [-0.15, -0.1) is 0 Å². The number of aromatic amines is 1. The lowest BCUT2D eigenvalue weighted by Gasteiger charge is -2.03. The number of H-pyrrole nitrogens is 1. The first kappa shape index (κ1) is 17.0. The Labute approximate surface area is 154 Å². The summed E-state index contributed by atoms with van der Waals surface area (Å²) < 4.78 is 25.4. The van der Waals surface area contributed by atoms with Crippen LogP contribution in [0.25, 0.3) is 21.8 Å². The van der Waals surface area contributed by atoms with Crippen LogP contribution in [0.5, 0.6) is 0 Å². The summed E-state index contributed by atoms with van der Waals surface area (Å²) in [6, 6.07) is 14.3. The highest BCUT2D eigenvalue weighted by molar-refractivity contribution is 7.92. The number of benzene rings is 2. The maximum Gasteiger partial charge on any atom is 0.276 e. The molecule has 4 rings (SSSR count). The number of nitrogens with zero attached hydrogens (tertiary/aromatic N) is 2. The summed E-state index contributed by atoms with van der Waals surface area (Å²) in [5, 5.41) is 4.50. The number of fused-ring (bicyclic) bond motifs is 2. The van der Waals surface area contributed by atoms with Gasteiger partial charge in [0.05, 0.1) is 17.5 Å². The van der Waals surface area contributed by atoms with E-state index in [0.717, 1.165) is 17.0 Å². The van der Waals surface area contributed by atoms with Gasteiger partial charge in [-0.2, -0.15) is 0 Å². The molecule has 0 aliphatic rings. The molecule has 0 saturated carbocycles. The second-order valence-corrected chi connectivity index (χ2v) is 7.78. The first-order chi connectivity index (χ1) is 12.9. The molecule has 0 saturated heterocycles. The Morgan fingerprint density at radius 3 is 2.63 bits per heavy atom. The third kappa shape index (κ3) is 3.58. The third-order valence-corrected chi connectivity index (χ3v) is 4.49. The number of amides is 1. The van der Waals surface area contributed by atoms with Gasteiger partial charge in [-0.3, -0.25) is 19.8 Å². The first-order valence-electron chi connectivity index (χ1n) is 8.02. The van der Waals surface area contributed by atoms with Gasteiger partial charge in [-0.05, 0) is 23.6 Å². The predicted octanol–water partition coefficient (Wildman–Crippen LogP) is 2.73. The topological polar surface area (TPSA) is 117 Å². The number of imidazole rings is 1. The van der Waals surface area contributed by atoms with Crippen LogP contribution in [0.15, 0.2) is 54.7 Å². The van der Waals surface area contributed by atoms with Gasteiger partial charge >= 0.3 is 0 Å². The molecule has 4 aromatic rings. The molecule has 136 valence electrons. The van der Waals surface area contributed by atoms with Crippen LogP contribution >= 0.6 is 0 Å². The van der Waals surface area contributed by atoms with E-state index in [1.165, 1.54) is 0 Å². The molecule has 0 atom stereocenters. The van der Waals surface area contributed by atoms with Gasteiger partial charge in [0.15, 0.2) is 0 Å². The fourth-order valence-electron chi connectivity index (χ4n) is 2.75. The maximum absolute atomic E-state index is 12.5. The van der Waals surface area contributed by atoms with E-state index < -0.39 is 15.9 Å². The van der Waals surface area contributed by atoms with Crippen molar-refractivity contribution in [1.29, 1.82) is 0 Å². The van der Waals surface area contributed by atoms with Crippen molar-refractivity contribution in [2.24, 2.45) is 0 Å². The van der Waals surface area contributed by atoms with Crippen molar-refractivity contribution in [3.8, 4) is 0 Å². The van der Waals surface area contributed by atoms with Gasteiger partial charge < -0.3 is 4.98 Å². The van der Waals surface area contributed by atoms with Crippen molar-refractivity contribution in [3.63, 3.8) is 0 Å². The van der Waals surface area contributed by atoms with Gasteiger partial charge in [0.25, 0.3) is 5.91 Å². The maximum atomic E-state index is 12.5. The third-order valence-electron chi connectivity index (χ3n) is 3.90. The number of carbonyl (C=O) groups excluding carboxylic acids is 1. The molecule has 0 spiro atoms. The quantitative estimate of drug-likeness (QED) is 0.502. The summed E-state index contributed by atoms with van der Waals surface area (Å²) in [7, 11) is -3.45. The first-order valence-corrected chi connectivity index (χ1v) is 9.91. The van der Waals surface area contributed by atoms with E-state index >= 15 is 0 Å². The summed E-state index contributed by atoms with van der Waals surface area (Å²) in [5.74, 6) is -0.217. The number of sulfonamides is 1. The number of rotatable bonds is 4. The number of aromatic nitrogens is 3. The van der Waals surface area contributed by atoms with E-state index in [2.05, 4.69) is 25.0 Å². The Bertz CT molecular complexity index is 1280. The van der Waals surface area contributed by atoms with Crippen molar-refractivity contribution in [3.05, 3.63) is 60.4 Å². The van der Waals surface area contributed by atoms with Crippen LogP contribution in [0, 0.1) is 0 Å². The van der Waals surface area contributed by atoms with Crippen LogP contribution in [0.2, 0.25) is 0 Å². The van der Waals surface area contributed by atoms with E-state index in [-0.39, 0.29) is 11.6 Å². The minimum atomic E-state index is -3.45. The minimum Gasteiger partial charge on any atom is -0.324 e. The Kier molecular flexibility index (Phi) is 4.00. The van der Waals surface area contributed by atoms with Crippen molar-refractivity contribution >= 4 is 49.4 Å². The molecular weight excluding hydrogens is 366 g/mol. The highest BCUT2D eigenvalue weighted by Gasteiger charge is 2.14. The van der Waals surface area contributed by atoms with Crippen LogP contribution in [-0.4, -0.2) is 35.5 Å². The Hall–Kier alpha value is -3.46. The number of hydrogen-bond donors (Lipinski definition) is 3. The van der Waals surface area contributed by atoms with Crippen LogP contribution in [-0.2, 0) is 10.0 Å². The van der Waals surface area contributed by atoms with Gasteiger partial charge in [0, 0.05) is 11.6 Å². The van der Waals surface area contributed by atoms with Gasteiger partial charge in [-0.1, -0.05) is 30.3 Å². The monoisotopic (exact) mass is 381 g/mol. The van der Waals surface area contributed by atoms with Crippen LogP contribution in [0.3, 0.4) is 0 Å². The van der Waals surface area contributed by atoms with E-state index in [0.29, 0.717) is 16.7 Å². The molecule has 2 heterocycles. The van der Waals surface area contributed by atoms with Gasteiger partial charge in [0.1, 0.15) is 11.2 Å². The van der Waals surface area contributed by atoms with E-state index in [1.54, 1.807) is 30.5 Å². The van der Waals surface area contributed by atoms with Crippen LogP contribution in [0.4, 0.5) is 11.6 Å². The fourth-order valence-corrected chi connectivity index (χ4v) is 3.32. The molecule has 9 heteroatoms. The molecule has 27 heavy (non-hydrogen) atoms. The van der Waals surface area contributed by atoms with E-state index in [1.807, 2.05) is 24.3 Å². The van der Waals surface area contributed by atoms with Crippen LogP contribution < -0.4 is 10.0 Å². The van der Waals surface area contributed by atoms with Crippen LogP contribution in [0.1, 0.15) is 10.5 Å². The van der Waals surface area contributed by atoms with Crippen molar-refractivity contribution in [2.45, 2.75) is 0 Å². The molecule has 0 aliphatic carbocycles. The molecule has 0 unspecified atom stereocenters. The second kappa shape index (κ2) is 6.36. The number of hydrogen-bond acceptors (Lipinski definition) is 5. The molecule has 3 N–H and O–H groups in total. The van der Waals surface area contributed by atoms with Crippen molar-refractivity contribution in [1.82, 2.24) is 15.0 Å². The highest BCUT2D eigenvalue weighted by atomic mass is 32.2. The van der Waals surface area contributed by atoms with Gasteiger partial charge in [0.2, 0.25) is 16.0 Å². The normalized spacial score (nSPS) is 11.6. The van der Waals surface area contributed by atoms with Crippen molar-refractivity contribution in [2.75, 3.05) is 16.3 Å². The smallest absolute Gasteiger partial charge is 0.276 e. The SMILES string of the molecule is CS(=O)(=O)Nc1cccc2[nH]c(NC(=O)c3cc4ccccc4cn3)nc12. The second-order valence-electron chi connectivity index (χ2n) is 6.03. The summed E-state index contributed by atoms with van der Waals surface area (Å²) in [6.45, 7) is 0. The fraction of sp³-hybridized carbons (Fsp3) is 0.0556. The Morgan fingerprint density at radius 2 is 1.85 bits per heavy atom. The molecule has 0 fully saturated rings. The number of pyridine rings is 1. The molecule has 0 aliphatic heterocycles. The number of carbonyl (C=O) groups is 1. The zero-order valence-corrected chi connectivity index (χ0v) is 15.0. The highest BCUT2D eigenvalue weighted by Crippen LogP contribution is 2.24. The molecule has 1 amide bonds. The molecule has 2 aromatic heterocycles. The molecule has 8 nitrogen and oxygen atoms in total. The minimum absolute atomic E-state index is 0.202. The largest absolute Gasteiger partial charge is 0.324 e. The van der Waals surface area contributed by atoms with E-state index in [9.17, 15) is 13.2 Å².